The SMILES string of the molecule is CC(C)OCCCN(CCNC=O)c1ccnc(Nc2nc3ccc(-c4cn[nH]c4)nc3s2)c1. The Morgan fingerprint density at radius 1 is 1.24 bits per heavy atom. The third kappa shape index (κ3) is 6.27. The summed E-state index contributed by atoms with van der Waals surface area (Å²) in [5.74, 6) is 0.693. The number of amides is 1. The van der Waals surface area contributed by atoms with E-state index in [1.165, 1.54) is 11.3 Å². The van der Waals surface area contributed by atoms with E-state index in [4.69, 9.17) is 9.72 Å². The van der Waals surface area contributed by atoms with Crippen molar-refractivity contribution in [2.24, 2.45) is 0 Å². The van der Waals surface area contributed by atoms with Gasteiger partial charge in [-0.3, -0.25) is 9.89 Å². The molecule has 1 amide bonds. The van der Waals surface area contributed by atoms with Gasteiger partial charge in [-0.2, -0.15) is 5.10 Å². The van der Waals surface area contributed by atoms with E-state index in [1.807, 2.05) is 44.3 Å². The van der Waals surface area contributed by atoms with Gasteiger partial charge in [0.25, 0.3) is 0 Å². The molecule has 0 aromatic carbocycles. The summed E-state index contributed by atoms with van der Waals surface area (Å²) in [5.41, 5.74) is 3.61. The van der Waals surface area contributed by atoms with Crippen LogP contribution in [0.25, 0.3) is 21.6 Å². The number of aromatic amines is 1. The van der Waals surface area contributed by atoms with Gasteiger partial charge in [0.05, 0.1) is 18.0 Å². The van der Waals surface area contributed by atoms with E-state index in [2.05, 4.69) is 35.7 Å². The Bertz CT molecular complexity index is 1190. The third-order valence-corrected chi connectivity index (χ3v) is 5.91. The van der Waals surface area contributed by atoms with Crippen LogP contribution in [0.5, 0.6) is 0 Å². The van der Waals surface area contributed by atoms with Crippen molar-refractivity contribution in [1.29, 1.82) is 0 Å². The highest BCUT2D eigenvalue weighted by Crippen LogP contribution is 2.29. The monoisotopic (exact) mass is 480 g/mol. The molecule has 34 heavy (non-hydrogen) atoms. The summed E-state index contributed by atoms with van der Waals surface area (Å²) >= 11 is 1.47. The van der Waals surface area contributed by atoms with Crippen molar-refractivity contribution in [3.05, 3.63) is 42.9 Å². The van der Waals surface area contributed by atoms with Gasteiger partial charge < -0.3 is 20.3 Å². The van der Waals surface area contributed by atoms with Gasteiger partial charge in [0.15, 0.2) is 5.13 Å². The fourth-order valence-corrected chi connectivity index (χ4v) is 4.26. The molecule has 0 spiro atoms. The van der Waals surface area contributed by atoms with Crippen molar-refractivity contribution in [3.63, 3.8) is 0 Å². The smallest absolute Gasteiger partial charge is 0.207 e. The summed E-state index contributed by atoms with van der Waals surface area (Å²) < 4.78 is 5.68. The molecule has 3 N–H and O–H groups in total. The van der Waals surface area contributed by atoms with Gasteiger partial charge in [-0.15, -0.1) is 0 Å². The van der Waals surface area contributed by atoms with E-state index in [1.54, 1.807) is 12.4 Å². The Balaban J connectivity index is 1.47. The number of hydrogen-bond acceptors (Lipinski definition) is 9. The molecule has 4 aromatic rings. The number of thiazole rings is 1. The minimum Gasteiger partial charge on any atom is -0.379 e. The van der Waals surface area contributed by atoms with Crippen LogP contribution >= 0.6 is 11.3 Å². The van der Waals surface area contributed by atoms with Crippen LogP contribution < -0.4 is 15.5 Å². The van der Waals surface area contributed by atoms with Crippen molar-refractivity contribution in [2.75, 3.05) is 36.5 Å². The number of carbonyl (C=O) groups is 1. The number of nitrogens with one attached hydrogen (secondary N) is 3. The van der Waals surface area contributed by atoms with Crippen LogP contribution in [0.1, 0.15) is 20.3 Å². The first-order valence-electron chi connectivity index (χ1n) is 11.2. The number of aromatic nitrogens is 5. The van der Waals surface area contributed by atoms with E-state index in [-0.39, 0.29) is 6.10 Å². The Morgan fingerprint density at radius 2 is 2.15 bits per heavy atom. The van der Waals surface area contributed by atoms with Crippen molar-refractivity contribution >= 4 is 44.7 Å². The summed E-state index contributed by atoms with van der Waals surface area (Å²) in [5, 5.41) is 13.6. The molecule has 0 fully saturated rings. The number of nitrogens with zero attached hydrogens (tertiary/aromatic N) is 5. The van der Waals surface area contributed by atoms with Gasteiger partial charge in [0.2, 0.25) is 6.41 Å². The molecule has 0 bridgehead atoms. The molecule has 11 heteroatoms. The van der Waals surface area contributed by atoms with E-state index >= 15 is 0 Å². The maximum atomic E-state index is 10.7. The molecule has 0 aliphatic carbocycles. The number of pyridine rings is 2. The van der Waals surface area contributed by atoms with Gasteiger partial charge in [-0.1, -0.05) is 11.3 Å². The Morgan fingerprint density at radius 3 is 2.94 bits per heavy atom. The number of carbonyl (C=O) groups excluding carboxylic acids is 1. The number of ether oxygens (including phenoxy) is 1. The molecule has 4 rings (SSSR count). The van der Waals surface area contributed by atoms with E-state index in [0.29, 0.717) is 25.5 Å². The zero-order chi connectivity index (χ0) is 23.8. The van der Waals surface area contributed by atoms with Crippen LogP contribution in [0, 0.1) is 0 Å². The number of hydrogen-bond donors (Lipinski definition) is 3. The molecule has 0 aliphatic rings. The van der Waals surface area contributed by atoms with Gasteiger partial charge in [-0.25, -0.2) is 15.0 Å². The molecule has 0 atom stereocenters. The van der Waals surface area contributed by atoms with Crippen LogP contribution in [0.3, 0.4) is 0 Å². The molecule has 10 nitrogen and oxygen atoms in total. The summed E-state index contributed by atoms with van der Waals surface area (Å²) in [4.78, 5) is 27.5. The highest BCUT2D eigenvalue weighted by molar-refractivity contribution is 7.21. The van der Waals surface area contributed by atoms with E-state index < -0.39 is 0 Å². The third-order valence-electron chi connectivity index (χ3n) is 5.03. The van der Waals surface area contributed by atoms with Crippen molar-refractivity contribution in [2.45, 2.75) is 26.4 Å². The fraction of sp³-hybridized carbons (Fsp3) is 0.348. The number of H-pyrrole nitrogens is 1. The predicted molar refractivity (Wildman–Crippen MR) is 135 cm³/mol. The lowest BCUT2D eigenvalue weighted by molar-refractivity contribution is -0.109. The first-order valence-corrected chi connectivity index (χ1v) is 12.0. The molecular formula is C23H28N8O2S. The van der Waals surface area contributed by atoms with Gasteiger partial charge >= 0.3 is 0 Å². The Kier molecular flexibility index (Phi) is 7.99. The molecule has 0 unspecified atom stereocenters. The maximum absolute atomic E-state index is 10.7. The molecule has 4 heterocycles. The largest absolute Gasteiger partial charge is 0.379 e. The predicted octanol–water partition coefficient (Wildman–Crippen LogP) is 3.59. The van der Waals surface area contributed by atoms with Crippen molar-refractivity contribution < 1.29 is 9.53 Å². The van der Waals surface area contributed by atoms with Gasteiger partial charge in [0, 0.05) is 56.0 Å². The Hall–Kier alpha value is -3.57. The number of fused-ring (bicyclic) bond motifs is 1. The summed E-state index contributed by atoms with van der Waals surface area (Å²) in [6.07, 6.45) is 7.14. The van der Waals surface area contributed by atoms with Crippen molar-refractivity contribution in [3.8, 4) is 11.3 Å². The molecule has 4 aromatic heterocycles. The summed E-state index contributed by atoms with van der Waals surface area (Å²) in [7, 11) is 0. The minimum absolute atomic E-state index is 0.209. The average molecular weight is 481 g/mol. The normalized spacial score (nSPS) is 11.1. The van der Waals surface area contributed by atoms with Crippen LogP contribution in [0.15, 0.2) is 42.9 Å². The van der Waals surface area contributed by atoms with Crippen LogP contribution in [0.4, 0.5) is 16.6 Å². The number of anilines is 3. The first-order chi connectivity index (χ1) is 16.6. The second kappa shape index (κ2) is 11.5. The maximum Gasteiger partial charge on any atom is 0.207 e. The molecule has 178 valence electrons. The van der Waals surface area contributed by atoms with E-state index in [0.717, 1.165) is 51.8 Å². The van der Waals surface area contributed by atoms with Crippen LogP contribution in [0.2, 0.25) is 0 Å². The topological polar surface area (TPSA) is 121 Å². The highest BCUT2D eigenvalue weighted by Gasteiger charge is 2.11. The summed E-state index contributed by atoms with van der Waals surface area (Å²) in [6, 6.07) is 7.84. The zero-order valence-electron chi connectivity index (χ0n) is 19.2. The van der Waals surface area contributed by atoms with Crippen LogP contribution in [-0.2, 0) is 9.53 Å². The number of rotatable bonds is 13. The molecular weight excluding hydrogens is 452 g/mol. The second-order valence-corrected chi connectivity index (χ2v) is 8.86. The van der Waals surface area contributed by atoms with Crippen molar-refractivity contribution in [1.82, 2.24) is 30.5 Å². The van der Waals surface area contributed by atoms with Crippen LogP contribution in [-0.4, -0.2) is 63.9 Å². The highest BCUT2D eigenvalue weighted by atomic mass is 32.1. The minimum atomic E-state index is 0.209. The zero-order valence-corrected chi connectivity index (χ0v) is 20.0. The second-order valence-electron chi connectivity index (χ2n) is 7.88. The summed E-state index contributed by atoms with van der Waals surface area (Å²) in [6.45, 7) is 6.79. The molecule has 0 saturated heterocycles. The Labute approximate surface area is 201 Å². The lowest BCUT2D eigenvalue weighted by atomic mass is 10.2. The lowest BCUT2D eigenvalue weighted by Crippen LogP contribution is -2.33. The standard InChI is InChI=1S/C23H28N8O2S/c1-16(2)33-11-3-9-31(10-8-24-15-32)18-6-7-25-21(12-18)30-23-29-20-5-4-19(28-22(20)34-23)17-13-26-27-14-17/h4-7,12-16H,3,8-11H2,1-2H3,(H,24,32)(H,26,27)(H,25,29,30). The molecule has 0 saturated carbocycles. The van der Waals surface area contributed by atoms with E-state index in [9.17, 15) is 4.79 Å². The molecule has 0 radical (unpaired) electrons. The van der Waals surface area contributed by atoms with Gasteiger partial charge in [0.1, 0.15) is 16.2 Å². The average Bonchev–Trinajstić information content (AvgIpc) is 3.50. The quantitative estimate of drug-likeness (QED) is 0.196. The molecule has 0 aliphatic heterocycles. The fourth-order valence-electron chi connectivity index (χ4n) is 3.42. The van der Waals surface area contributed by atoms with Gasteiger partial charge in [-0.05, 0) is 38.5 Å². The lowest BCUT2D eigenvalue weighted by Gasteiger charge is -2.25. The first kappa shape index (κ1) is 23.6.